The Morgan fingerprint density at radius 2 is 0.786 bits per heavy atom. The van der Waals surface area contributed by atoms with Gasteiger partial charge < -0.3 is 9.13 Å². The number of aryl methyl sites for hydroxylation is 4. The van der Waals surface area contributed by atoms with Crippen molar-refractivity contribution in [3.05, 3.63) is 132 Å². The SMILES string of the molecule is Cc1cc(-n2c3ccccc3c3ncccc32)cc(C)c1-c1c(C)cc(-n2c3ccccc3c3ncccc32)cc1C. The minimum Gasteiger partial charge on any atom is -0.308 e. The minimum absolute atomic E-state index is 1.04. The van der Waals surface area contributed by atoms with Gasteiger partial charge in [-0.25, -0.2) is 0 Å². The standard InChI is InChI=1S/C38H30N4/c1-23-19-27(41-31-13-7-5-11-29(31)37-33(41)15-9-17-39-37)20-24(2)35(23)36-25(3)21-28(22-26(36)4)42-32-14-8-6-12-30(32)38-34(42)16-10-18-40-38/h5-22H,1-4H3. The van der Waals surface area contributed by atoms with E-state index in [1.54, 1.807) is 0 Å². The molecule has 4 heterocycles. The largest absolute Gasteiger partial charge is 0.308 e. The van der Waals surface area contributed by atoms with E-state index in [2.05, 4.69) is 122 Å². The maximum Gasteiger partial charge on any atom is 0.0963 e. The van der Waals surface area contributed by atoms with Crippen LogP contribution in [0.5, 0.6) is 0 Å². The lowest BCUT2D eigenvalue weighted by atomic mass is 9.88. The van der Waals surface area contributed by atoms with E-state index < -0.39 is 0 Å². The second-order valence-electron chi connectivity index (χ2n) is 11.4. The van der Waals surface area contributed by atoms with E-state index in [0.29, 0.717) is 0 Å². The van der Waals surface area contributed by atoms with Crippen molar-refractivity contribution in [2.24, 2.45) is 0 Å². The Morgan fingerprint density at radius 3 is 1.19 bits per heavy atom. The summed E-state index contributed by atoms with van der Waals surface area (Å²) in [7, 11) is 0. The molecule has 0 unspecified atom stereocenters. The summed E-state index contributed by atoms with van der Waals surface area (Å²) < 4.78 is 4.70. The average Bonchev–Trinajstić information content (AvgIpc) is 3.51. The Kier molecular flexibility index (Phi) is 5.35. The Hall–Kier alpha value is -5.22. The Bertz CT molecular complexity index is 2030. The number of pyridine rings is 2. The van der Waals surface area contributed by atoms with Gasteiger partial charge in [0.2, 0.25) is 0 Å². The Labute approximate surface area is 244 Å². The highest BCUT2D eigenvalue weighted by molar-refractivity contribution is 6.08. The molecule has 0 spiro atoms. The molecule has 202 valence electrons. The molecule has 0 N–H and O–H groups in total. The van der Waals surface area contributed by atoms with Crippen LogP contribution in [0, 0.1) is 27.7 Å². The Balaban J connectivity index is 1.31. The van der Waals surface area contributed by atoms with E-state index in [0.717, 1.165) is 33.4 Å². The molecule has 0 atom stereocenters. The van der Waals surface area contributed by atoms with Crippen molar-refractivity contribution in [3.63, 3.8) is 0 Å². The van der Waals surface area contributed by atoms with Gasteiger partial charge in [-0.2, -0.15) is 0 Å². The predicted octanol–water partition coefficient (Wildman–Crippen LogP) is 9.57. The molecule has 0 aliphatic heterocycles. The number of fused-ring (bicyclic) bond motifs is 6. The molecule has 4 heteroatoms. The van der Waals surface area contributed by atoms with Crippen LogP contribution in [0.4, 0.5) is 0 Å². The van der Waals surface area contributed by atoms with Crippen molar-refractivity contribution in [1.29, 1.82) is 0 Å². The smallest absolute Gasteiger partial charge is 0.0963 e. The summed E-state index contributed by atoms with van der Waals surface area (Å²) in [5.41, 5.74) is 16.7. The van der Waals surface area contributed by atoms with E-state index in [1.807, 2.05) is 24.5 Å². The van der Waals surface area contributed by atoms with Gasteiger partial charge in [-0.1, -0.05) is 36.4 Å². The third-order valence-corrected chi connectivity index (χ3v) is 8.66. The molecule has 0 bridgehead atoms. The molecule has 0 amide bonds. The van der Waals surface area contributed by atoms with Gasteiger partial charge in [0, 0.05) is 34.5 Å². The van der Waals surface area contributed by atoms with Gasteiger partial charge in [0.05, 0.1) is 33.1 Å². The number of rotatable bonds is 3. The summed E-state index contributed by atoms with van der Waals surface area (Å²) in [6, 6.07) is 34.8. The quantitative estimate of drug-likeness (QED) is 0.223. The van der Waals surface area contributed by atoms with Gasteiger partial charge in [-0.15, -0.1) is 0 Å². The monoisotopic (exact) mass is 542 g/mol. The van der Waals surface area contributed by atoms with Gasteiger partial charge in [-0.05, 0) is 122 Å². The fourth-order valence-corrected chi connectivity index (χ4v) is 7.05. The number of nitrogens with zero attached hydrogens (tertiary/aromatic N) is 4. The molecular weight excluding hydrogens is 512 g/mol. The van der Waals surface area contributed by atoms with Crippen LogP contribution in [0.2, 0.25) is 0 Å². The first-order chi connectivity index (χ1) is 20.5. The van der Waals surface area contributed by atoms with Crippen molar-refractivity contribution in [3.8, 4) is 22.5 Å². The normalized spacial score (nSPS) is 11.8. The van der Waals surface area contributed by atoms with Crippen LogP contribution in [-0.4, -0.2) is 19.1 Å². The number of para-hydroxylation sites is 2. The van der Waals surface area contributed by atoms with Crippen molar-refractivity contribution in [1.82, 2.24) is 19.1 Å². The first-order valence-electron chi connectivity index (χ1n) is 14.4. The molecule has 0 saturated carbocycles. The molecule has 0 fully saturated rings. The van der Waals surface area contributed by atoms with Crippen LogP contribution < -0.4 is 0 Å². The first kappa shape index (κ1) is 24.6. The number of hydrogen-bond donors (Lipinski definition) is 0. The molecule has 0 saturated heterocycles. The third-order valence-electron chi connectivity index (χ3n) is 8.66. The summed E-state index contributed by atoms with van der Waals surface area (Å²) >= 11 is 0. The van der Waals surface area contributed by atoms with Crippen molar-refractivity contribution in [2.45, 2.75) is 27.7 Å². The fourth-order valence-electron chi connectivity index (χ4n) is 7.05. The number of aromatic nitrogens is 4. The summed E-state index contributed by atoms with van der Waals surface area (Å²) in [6.45, 7) is 8.96. The topological polar surface area (TPSA) is 35.6 Å². The highest BCUT2D eigenvalue weighted by atomic mass is 15.0. The molecule has 8 rings (SSSR count). The van der Waals surface area contributed by atoms with Crippen LogP contribution in [-0.2, 0) is 0 Å². The Morgan fingerprint density at radius 1 is 0.429 bits per heavy atom. The fraction of sp³-hybridized carbons (Fsp3) is 0.105. The molecule has 4 aromatic carbocycles. The lowest BCUT2D eigenvalue weighted by molar-refractivity contribution is 1.14. The molecule has 4 nitrogen and oxygen atoms in total. The number of benzene rings is 4. The van der Waals surface area contributed by atoms with Crippen LogP contribution in [0.1, 0.15) is 22.3 Å². The van der Waals surface area contributed by atoms with Gasteiger partial charge in [0.15, 0.2) is 0 Å². The molecule has 42 heavy (non-hydrogen) atoms. The van der Waals surface area contributed by atoms with Gasteiger partial charge in [-0.3, -0.25) is 9.97 Å². The van der Waals surface area contributed by atoms with Crippen LogP contribution in [0.3, 0.4) is 0 Å². The number of hydrogen-bond acceptors (Lipinski definition) is 2. The van der Waals surface area contributed by atoms with E-state index in [9.17, 15) is 0 Å². The van der Waals surface area contributed by atoms with E-state index in [-0.39, 0.29) is 0 Å². The average molecular weight is 543 g/mol. The highest BCUT2D eigenvalue weighted by Crippen LogP contribution is 2.39. The van der Waals surface area contributed by atoms with E-state index in [1.165, 1.54) is 55.2 Å². The molecule has 0 aliphatic carbocycles. The summed E-state index contributed by atoms with van der Waals surface area (Å²) in [4.78, 5) is 9.46. The van der Waals surface area contributed by atoms with Gasteiger partial charge in [0.25, 0.3) is 0 Å². The lowest BCUT2D eigenvalue weighted by Gasteiger charge is -2.20. The van der Waals surface area contributed by atoms with E-state index in [4.69, 9.17) is 9.97 Å². The predicted molar refractivity (Wildman–Crippen MR) is 175 cm³/mol. The second-order valence-corrected chi connectivity index (χ2v) is 11.4. The lowest BCUT2D eigenvalue weighted by Crippen LogP contribution is -2.02. The zero-order valence-electron chi connectivity index (χ0n) is 24.2. The van der Waals surface area contributed by atoms with E-state index >= 15 is 0 Å². The summed E-state index contributed by atoms with van der Waals surface area (Å²) in [5, 5.41) is 2.35. The van der Waals surface area contributed by atoms with Gasteiger partial charge in [0.1, 0.15) is 0 Å². The maximum absolute atomic E-state index is 4.73. The highest BCUT2D eigenvalue weighted by Gasteiger charge is 2.19. The summed E-state index contributed by atoms with van der Waals surface area (Å²) in [5.74, 6) is 0. The molecule has 4 aromatic heterocycles. The zero-order valence-corrected chi connectivity index (χ0v) is 24.2. The minimum atomic E-state index is 1.04. The third kappa shape index (κ3) is 3.48. The molecule has 8 aromatic rings. The van der Waals surface area contributed by atoms with Crippen molar-refractivity contribution >= 4 is 43.9 Å². The second kappa shape index (κ2) is 9.15. The van der Waals surface area contributed by atoms with Crippen molar-refractivity contribution < 1.29 is 0 Å². The van der Waals surface area contributed by atoms with Crippen LogP contribution in [0.25, 0.3) is 66.4 Å². The molecular formula is C38H30N4. The van der Waals surface area contributed by atoms with Gasteiger partial charge >= 0.3 is 0 Å². The zero-order chi connectivity index (χ0) is 28.5. The summed E-state index contributed by atoms with van der Waals surface area (Å²) in [6.07, 6.45) is 3.76. The first-order valence-corrected chi connectivity index (χ1v) is 14.4. The maximum atomic E-state index is 4.73. The van der Waals surface area contributed by atoms with Crippen LogP contribution in [0.15, 0.2) is 109 Å². The molecule has 0 radical (unpaired) electrons. The molecule has 0 aliphatic rings. The van der Waals surface area contributed by atoms with Crippen molar-refractivity contribution in [2.75, 3.05) is 0 Å². The van der Waals surface area contributed by atoms with Crippen LogP contribution >= 0.6 is 0 Å².